The molecule has 482 valence electrons. The van der Waals surface area contributed by atoms with E-state index in [-0.39, 0.29) is 12.5 Å². The van der Waals surface area contributed by atoms with Crippen LogP contribution >= 0.6 is 0 Å². The number of aliphatic hydroxyl groups excluding tert-OH is 8. The highest BCUT2D eigenvalue weighted by molar-refractivity contribution is 5.76. The van der Waals surface area contributed by atoms with Gasteiger partial charge in [-0.15, -0.1) is 0 Å². The molecule has 0 aromatic carbocycles. The lowest BCUT2D eigenvalue weighted by Gasteiger charge is -2.46. The zero-order valence-electron chi connectivity index (χ0n) is 52.3. The summed E-state index contributed by atoms with van der Waals surface area (Å²) in [7, 11) is 0. The maximum atomic E-state index is 13.3. The quantitative estimate of drug-likeness (QED) is 0.0259. The second-order valence-corrected chi connectivity index (χ2v) is 25.0. The first-order valence-corrected chi connectivity index (χ1v) is 34.8. The number of hydrogen-bond acceptors (Lipinski definition) is 13. The SMILES string of the molecule is CCCCCCCCCCCCCCCCCCCCCCCCCCCCCCCCCC(=O)NC(COC1OC(CO)C(OC2OC(CO)C(O)C(O)C2O)C(O)C1O)C(O)CCCCCCCCCCCCCCCCCC. The summed E-state index contributed by atoms with van der Waals surface area (Å²) in [6, 6.07) is -0.823. The Balaban J connectivity index is 1.62. The minimum atomic E-state index is -1.78. The molecule has 12 unspecified atom stereocenters. The molecule has 14 nitrogen and oxygen atoms in total. The molecule has 9 N–H and O–H groups in total. The van der Waals surface area contributed by atoms with Gasteiger partial charge in [0.25, 0.3) is 0 Å². The summed E-state index contributed by atoms with van der Waals surface area (Å²) in [4.78, 5) is 13.3. The topological polar surface area (TPSA) is 228 Å². The van der Waals surface area contributed by atoms with Gasteiger partial charge in [0.1, 0.15) is 48.8 Å². The van der Waals surface area contributed by atoms with E-state index in [0.29, 0.717) is 12.8 Å². The van der Waals surface area contributed by atoms with Gasteiger partial charge in [0, 0.05) is 6.42 Å². The lowest BCUT2D eigenvalue weighted by Crippen LogP contribution is -2.65. The van der Waals surface area contributed by atoms with Crippen LogP contribution in [0.2, 0.25) is 0 Å². The molecule has 0 aliphatic carbocycles. The van der Waals surface area contributed by atoms with Crippen molar-refractivity contribution in [2.24, 2.45) is 0 Å². The van der Waals surface area contributed by atoms with Crippen LogP contribution in [0.25, 0.3) is 0 Å². The number of nitrogens with one attached hydrogen (secondary N) is 1. The van der Waals surface area contributed by atoms with Gasteiger partial charge < -0.3 is 65.1 Å². The number of rotatable bonds is 58. The second-order valence-electron chi connectivity index (χ2n) is 25.0. The molecule has 2 saturated heterocycles. The summed E-state index contributed by atoms with van der Waals surface area (Å²) in [6.07, 6.45) is 45.6. The predicted octanol–water partition coefficient (Wildman–Crippen LogP) is 13.6. The first-order valence-electron chi connectivity index (χ1n) is 34.8. The van der Waals surface area contributed by atoms with E-state index in [1.165, 1.54) is 250 Å². The summed E-state index contributed by atoms with van der Waals surface area (Å²) >= 11 is 0. The number of aliphatic hydroxyl groups is 8. The average molecular weight is 1160 g/mol. The second kappa shape index (κ2) is 53.2. The maximum Gasteiger partial charge on any atom is 0.220 e. The van der Waals surface area contributed by atoms with Gasteiger partial charge >= 0.3 is 0 Å². The molecule has 0 aromatic heterocycles. The molecule has 14 heteroatoms. The number of carbonyl (C=O) groups is 1. The van der Waals surface area contributed by atoms with Crippen molar-refractivity contribution in [2.75, 3.05) is 19.8 Å². The molecule has 2 aliphatic heterocycles. The molecule has 0 radical (unpaired) electrons. The molecule has 0 bridgehead atoms. The Kier molecular flexibility index (Phi) is 50.0. The Morgan fingerprint density at radius 3 is 1.05 bits per heavy atom. The van der Waals surface area contributed by atoms with Crippen molar-refractivity contribution in [2.45, 2.75) is 402 Å². The van der Waals surface area contributed by atoms with E-state index >= 15 is 0 Å². The Labute approximate surface area is 495 Å². The average Bonchev–Trinajstić information content (AvgIpc) is 3.47. The number of amides is 1. The molecule has 2 rings (SSSR count). The summed E-state index contributed by atoms with van der Waals surface area (Å²) < 4.78 is 22.9. The van der Waals surface area contributed by atoms with Crippen molar-refractivity contribution in [1.29, 1.82) is 0 Å². The molecular weight excluding hydrogens is 1030 g/mol. The van der Waals surface area contributed by atoms with Crippen LogP contribution in [0.15, 0.2) is 0 Å². The Bertz CT molecular complexity index is 1360. The number of carbonyl (C=O) groups excluding carboxylic acids is 1. The molecular formula is C67H131NO13. The van der Waals surface area contributed by atoms with Gasteiger partial charge in [0.15, 0.2) is 12.6 Å². The maximum absolute atomic E-state index is 13.3. The van der Waals surface area contributed by atoms with Gasteiger partial charge in [-0.25, -0.2) is 0 Å². The monoisotopic (exact) mass is 1160 g/mol. The van der Waals surface area contributed by atoms with Crippen LogP contribution < -0.4 is 5.32 Å². The third-order valence-electron chi connectivity index (χ3n) is 17.6. The van der Waals surface area contributed by atoms with E-state index in [1.54, 1.807) is 0 Å². The Hall–Kier alpha value is -1.01. The summed E-state index contributed by atoms with van der Waals surface area (Å²) in [5.41, 5.74) is 0. The smallest absolute Gasteiger partial charge is 0.220 e. The fourth-order valence-corrected chi connectivity index (χ4v) is 12.0. The highest BCUT2D eigenvalue weighted by Crippen LogP contribution is 2.30. The highest BCUT2D eigenvalue weighted by Gasteiger charge is 2.51. The minimum Gasteiger partial charge on any atom is -0.394 e. The first kappa shape index (κ1) is 76.1. The summed E-state index contributed by atoms with van der Waals surface area (Å²) in [5, 5.41) is 87.5. The normalized spacial score (nSPS) is 24.0. The predicted molar refractivity (Wildman–Crippen MR) is 328 cm³/mol. The van der Waals surface area contributed by atoms with Crippen molar-refractivity contribution >= 4 is 5.91 Å². The van der Waals surface area contributed by atoms with Crippen molar-refractivity contribution in [3.8, 4) is 0 Å². The highest BCUT2D eigenvalue weighted by atomic mass is 16.7. The van der Waals surface area contributed by atoms with Crippen LogP contribution in [0, 0.1) is 0 Å². The van der Waals surface area contributed by atoms with Crippen LogP contribution in [0.1, 0.15) is 328 Å². The summed E-state index contributed by atoms with van der Waals surface area (Å²) in [5.74, 6) is -0.198. The molecule has 12 atom stereocenters. The summed E-state index contributed by atoms with van der Waals surface area (Å²) in [6.45, 7) is 2.92. The van der Waals surface area contributed by atoms with Crippen LogP contribution in [-0.2, 0) is 23.7 Å². The number of unbranched alkanes of at least 4 members (excludes halogenated alkanes) is 45. The van der Waals surface area contributed by atoms with Crippen molar-refractivity contribution < 1.29 is 64.6 Å². The van der Waals surface area contributed by atoms with Crippen molar-refractivity contribution in [1.82, 2.24) is 5.32 Å². The van der Waals surface area contributed by atoms with Crippen molar-refractivity contribution in [3.63, 3.8) is 0 Å². The fourth-order valence-electron chi connectivity index (χ4n) is 12.0. The molecule has 2 heterocycles. The van der Waals surface area contributed by atoms with E-state index in [4.69, 9.17) is 18.9 Å². The van der Waals surface area contributed by atoms with Gasteiger partial charge in [-0.3, -0.25) is 4.79 Å². The Morgan fingerprint density at radius 2 is 0.704 bits per heavy atom. The van der Waals surface area contributed by atoms with E-state index < -0.39 is 86.8 Å². The third kappa shape index (κ3) is 38.0. The lowest BCUT2D eigenvalue weighted by molar-refractivity contribution is -0.359. The zero-order valence-corrected chi connectivity index (χ0v) is 52.3. The van der Waals surface area contributed by atoms with E-state index in [9.17, 15) is 45.6 Å². The molecule has 2 aliphatic rings. The third-order valence-corrected chi connectivity index (χ3v) is 17.6. The van der Waals surface area contributed by atoms with Crippen LogP contribution in [-0.4, -0.2) is 140 Å². The largest absolute Gasteiger partial charge is 0.394 e. The van der Waals surface area contributed by atoms with Gasteiger partial charge in [-0.1, -0.05) is 309 Å². The van der Waals surface area contributed by atoms with Gasteiger partial charge in [-0.2, -0.15) is 0 Å². The van der Waals surface area contributed by atoms with Crippen LogP contribution in [0.4, 0.5) is 0 Å². The molecule has 2 fully saturated rings. The van der Waals surface area contributed by atoms with E-state index in [0.717, 1.165) is 51.4 Å². The Morgan fingerprint density at radius 1 is 0.395 bits per heavy atom. The van der Waals surface area contributed by atoms with E-state index in [2.05, 4.69) is 19.2 Å². The fraction of sp³-hybridized carbons (Fsp3) is 0.985. The van der Waals surface area contributed by atoms with Crippen LogP contribution in [0.5, 0.6) is 0 Å². The standard InChI is InChI=1S/C67H131NO13/c1-3-5-7-9-11-13-15-17-19-21-22-23-24-25-26-27-28-29-30-31-32-33-34-35-37-39-41-43-45-47-49-51-59(72)68-55(56(71)50-48-46-44-42-40-38-36-20-18-16-14-12-10-8-6-4-2)54-78-66-64(77)62(75)65(58(53-70)80-66)81-67-63(76)61(74)60(73)57(52-69)79-67/h55-58,60-67,69-71,73-77H,3-54H2,1-2H3,(H,68,72). The lowest BCUT2D eigenvalue weighted by atomic mass is 9.97. The molecule has 0 spiro atoms. The molecule has 1 amide bonds. The van der Waals surface area contributed by atoms with Crippen molar-refractivity contribution in [3.05, 3.63) is 0 Å². The van der Waals surface area contributed by atoms with Gasteiger partial charge in [0.05, 0.1) is 32.0 Å². The number of hydrogen-bond donors (Lipinski definition) is 9. The minimum absolute atomic E-state index is 0.198. The van der Waals surface area contributed by atoms with E-state index in [1.807, 2.05) is 0 Å². The first-order chi connectivity index (χ1) is 39.6. The zero-order chi connectivity index (χ0) is 58.8. The van der Waals surface area contributed by atoms with Crippen LogP contribution in [0.3, 0.4) is 0 Å². The number of ether oxygens (including phenoxy) is 4. The molecule has 0 saturated carbocycles. The van der Waals surface area contributed by atoms with Gasteiger partial charge in [0.2, 0.25) is 5.91 Å². The molecule has 81 heavy (non-hydrogen) atoms. The van der Waals surface area contributed by atoms with Gasteiger partial charge in [-0.05, 0) is 12.8 Å². The molecule has 0 aromatic rings.